The standard InChI is InChI=1S/C12H13N3O3S/c13-14-12(17)11-5-9(18-15-11)7-19-10-3-1-8(6-16)2-4-10/h1-5,16H,6-7,13H2,(H,14,17). The summed E-state index contributed by atoms with van der Waals surface area (Å²) in [6.07, 6.45) is 0. The average Bonchev–Trinajstić information content (AvgIpc) is 2.93. The van der Waals surface area contributed by atoms with Crippen LogP contribution < -0.4 is 11.3 Å². The Morgan fingerprint density at radius 3 is 2.79 bits per heavy atom. The number of aliphatic hydroxyl groups excluding tert-OH is 1. The number of amides is 1. The van der Waals surface area contributed by atoms with Crippen molar-refractivity contribution in [2.75, 3.05) is 0 Å². The highest BCUT2D eigenvalue weighted by molar-refractivity contribution is 7.98. The molecule has 0 aliphatic rings. The smallest absolute Gasteiger partial charge is 0.287 e. The summed E-state index contributed by atoms with van der Waals surface area (Å²) in [5, 5.41) is 12.5. The number of thioether (sulfide) groups is 1. The second-order valence-electron chi connectivity index (χ2n) is 3.74. The number of nitrogen functional groups attached to an aromatic ring is 1. The van der Waals surface area contributed by atoms with Crippen molar-refractivity contribution in [3.8, 4) is 0 Å². The summed E-state index contributed by atoms with van der Waals surface area (Å²) in [7, 11) is 0. The normalized spacial score (nSPS) is 10.4. The first kappa shape index (κ1) is 13.6. The fourth-order valence-electron chi connectivity index (χ4n) is 1.41. The van der Waals surface area contributed by atoms with Gasteiger partial charge < -0.3 is 9.63 Å². The number of hydrogen-bond acceptors (Lipinski definition) is 6. The van der Waals surface area contributed by atoms with E-state index in [1.54, 1.807) is 17.8 Å². The summed E-state index contributed by atoms with van der Waals surface area (Å²) < 4.78 is 5.03. The molecule has 4 N–H and O–H groups in total. The molecule has 0 fully saturated rings. The number of hydrazine groups is 1. The highest BCUT2D eigenvalue weighted by Crippen LogP contribution is 2.23. The number of hydrogen-bond donors (Lipinski definition) is 3. The number of aliphatic hydroxyl groups is 1. The number of carbonyl (C=O) groups excluding carboxylic acids is 1. The first-order valence-corrected chi connectivity index (χ1v) is 6.50. The molecule has 6 nitrogen and oxygen atoms in total. The molecule has 2 aromatic rings. The molecule has 100 valence electrons. The van der Waals surface area contributed by atoms with Crippen molar-refractivity contribution in [3.05, 3.63) is 47.3 Å². The second kappa shape index (κ2) is 6.37. The van der Waals surface area contributed by atoms with E-state index in [1.165, 1.54) is 0 Å². The Hall–Kier alpha value is -1.83. The SMILES string of the molecule is NNC(=O)c1cc(CSc2ccc(CO)cc2)on1. The molecule has 0 saturated carbocycles. The van der Waals surface area contributed by atoms with E-state index in [0.29, 0.717) is 11.5 Å². The predicted octanol–water partition coefficient (Wildman–Crippen LogP) is 1.06. The number of nitrogens with zero attached hydrogens (tertiary/aromatic N) is 1. The van der Waals surface area contributed by atoms with Crippen LogP contribution >= 0.6 is 11.8 Å². The van der Waals surface area contributed by atoms with Gasteiger partial charge in [-0.15, -0.1) is 11.8 Å². The van der Waals surface area contributed by atoms with E-state index in [-0.39, 0.29) is 12.3 Å². The summed E-state index contributed by atoms with van der Waals surface area (Å²) in [6.45, 7) is 0.0324. The Labute approximate surface area is 113 Å². The zero-order valence-corrected chi connectivity index (χ0v) is 10.8. The summed E-state index contributed by atoms with van der Waals surface area (Å²) in [4.78, 5) is 12.2. The summed E-state index contributed by atoms with van der Waals surface area (Å²) in [6, 6.07) is 9.10. The third-order valence-corrected chi connectivity index (χ3v) is 3.44. The lowest BCUT2D eigenvalue weighted by molar-refractivity contribution is 0.0944. The molecule has 0 spiro atoms. The van der Waals surface area contributed by atoms with Crippen molar-refractivity contribution in [1.29, 1.82) is 0 Å². The minimum atomic E-state index is -0.479. The lowest BCUT2D eigenvalue weighted by atomic mass is 10.2. The lowest BCUT2D eigenvalue weighted by Gasteiger charge is -2.00. The number of benzene rings is 1. The molecular weight excluding hydrogens is 266 g/mol. The average molecular weight is 279 g/mol. The molecule has 7 heteroatoms. The van der Waals surface area contributed by atoms with Crippen LogP contribution in [0.15, 0.2) is 39.8 Å². The molecule has 0 aliphatic heterocycles. The zero-order valence-electron chi connectivity index (χ0n) is 10.00. The fraction of sp³-hybridized carbons (Fsp3) is 0.167. The van der Waals surface area contributed by atoms with Crippen LogP contribution in [0.5, 0.6) is 0 Å². The van der Waals surface area contributed by atoms with Crippen molar-refractivity contribution in [2.24, 2.45) is 5.84 Å². The van der Waals surface area contributed by atoms with Crippen molar-refractivity contribution in [3.63, 3.8) is 0 Å². The van der Waals surface area contributed by atoms with Crippen LogP contribution in [-0.4, -0.2) is 16.2 Å². The van der Waals surface area contributed by atoms with Gasteiger partial charge in [-0.3, -0.25) is 10.2 Å². The minimum absolute atomic E-state index is 0.0324. The predicted molar refractivity (Wildman–Crippen MR) is 70.1 cm³/mol. The number of nitrogens with two attached hydrogens (primary N) is 1. The monoisotopic (exact) mass is 279 g/mol. The van der Waals surface area contributed by atoms with Crippen LogP contribution in [0, 0.1) is 0 Å². The van der Waals surface area contributed by atoms with E-state index < -0.39 is 5.91 Å². The molecule has 1 aromatic heterocycles. The van der Waals surface area contributed by atoms with E-state index in [9.17, 15) is 4.79 Å². The Balaban J connectivity index is 1.94. The maximum Gasteiger partial charge on any atom is 0.287 e. The van der Waals surface area contributed by atoms with Crippen LogP contribution in [0.3, 0.4) is 0 Å². The number of rotatable bonds is 5. The summed E-state index contributed by atoms with van der Waals surface area (Å²) in [5.74, 6) is 5.67. The molecule has 0 bridgehead atoms. The molecule has 1 heterocycles. The molecule has 0 radical (unpaired) electrons. The van der Waals surface area contributed by atoms with E-state index in [0.717, 1.165) is 10.5 Å². The fourth-order valence-corrected chi connectivity index (χ4v) is 2.18. The Morgan fingerprint density at radius 1 is 1.42 bits per heavy atom. The quantitative estimate of drug-likeness (QED) is 0.327. The number of aromatic nitrogens is 1. The van der Waals surface area contributed by atoms with Crippen molar-refractivity contribution >= 4 is 17.7 Å². The van der Waals surface area contributed by atoms with E-state index in [4.69, 9.17) is 15.5 Å². The van der Waals surface area contributed by atoms with Crippen molar-refractivity contribution < 1.29 is 14.4 Å². The molecule has 1 amide bonds. The highest BCUT2D eigenvalue weighted by Gasteiger charge is 2.11. The zero-order chi connectivity index (χ0) is 13.7. The van der Waals surface area contributed by atoms with Gasteiger partial charge in [0, 0.05) is 11.0 Å². The van der Waals surface area contributed by atoms with Crippen LogP contribution in [0.4, 0.5) is 0 Å². The molecule has 0 aliphatic carbocycles. The van der Waals surface area contributed by atoms with E-state index in [2.05, 4.69) is 5.16 Å². The Bertz CT molecular complexity index is 554. The van der Waals surface area contributed by atoms with Gasteiger partial charge in [0.1, 0.15) is 5.76 Å². The van der Waals surface area contributed by atoms with Crippen molar-refractivity contribution in [1.82, 2.24) is 10.6 Å². The van der Waals surface area contributed by atoms with Crippen LogP contribution in [-0.2, 0) is 12.4 Å². The van der Waals surface area contributed by atoms with Gasteiger partial charge in [-0.25, -0.2) is 5.84 Å². The van der Waals surface area contributed by atoms with E-state index in [1.807, 2.05) is 29.7 Å². The largest absolute Gasteiger partial charge is 0.392 e. The minimum Gasteiger partial charge on any atom is -0.392 e. The third-order valence-electron chi connectivity index (χ3n) is 2.41. The third kappa shape index (κ3) is 3.57. The Morgan fingerprint density at radius 2 is 2.16 bits per heavy atom. The van der Waals surface area contributed by atoms with Gasteiger partial charge in [-0.2, -0.15) is 0 Å². The molecule has 19 heavy (non-hydrogen) atoms. The van der Waals surface area contributed by atoms with Gasteiger partial charge in [-0.05, 0) is 17.7 Å². The summed E-state index contributed by atoms with van der Waals surface area (Å²) in [5.41, 5.74) is 3.02. The number of nitrogens with one attached hydrogen (secondary N) is 1. The van der Waals surface area contributed by atoms with Crippen molar-refractivity contribution in [2.45, 2.75) is 17.3 Å². The second-order valence-corrected chi connectivity index (χ2v) is 4.79. The molecule has 1 aromatic carbocycles. The maximum atomic E-state index is 11.2. The summed E-state index contributed by atoms with van der Waals surface area (Å²) >= 11 is 1.55. The maximum absolute atomic E-state index is 11.2. The van der Waals surface area contributed by atoms with Crippen LogP contribution in [0.1, 0.15) is 21.8 Å². The Kier molecular flexibility index (Phi) is 4.56. The van der Waals surface area contributed by atoms with Gasteiger partial charge in [0.25, 0.3) is 5.91 Å². The molecule has 0 saturated heterocycles. The van der Waals surface area contributed by atoms with Gasteiger partial charge in [-0.1, -0.05) is 17.3 Å². The molecular formula is C12H13N3O3S. The first-order chi connectivity index (χ1) is 9.22. The van der Waals surface area contributed by atoms with E-state index >= 15 is 0 Å². The molecule has 0 atom stereocenters. The number of carbonyl (C=O) groups is 1. The highest BCUT2D eigenvalue weighted by atomic mass is 32.2. The lowest BCUT2D eigenvalue weighted by Crippen LogP contribution is -2.30. The van der Waals surface area contributed by atoms with Crippen LogP contribution in [0.25, 0.3) is 0 Å². The van der Waals surface area contributed by atoms with Gasteiger partial charge in [0.15, 0.2) is 5.69 Å². The topological polar surface area (TPSA) is 101 Å². The van der Waals surface area contributed by atoms with Crippen LogP contribution in [0.2, 0.25) is 0 Å². The van der Waals surface area contributed by atoms with Gasteiger partial charge in [0.2, 0.25) is 0 Å². The first-order valence-electron chi connectivity index (χ1n) is 5.52. The molecule has 0 unspecified atom stereocenters. The van der Waals surface area contributed by atoms with Gasteiger partial charge >= 0.3 is 0 Å². The van der Waals surface area contributed by atoms with Gasteiger partial charge in [0.05, 0.1) is 12.4 Å². The molecule has 2 rings (SSSR count).